The van der Waals surface area contributed by atoms with Gasteiger partial charge in [0, 0.05) is 47.1 Å². The summed E-state index contributed by atoms with van der Waals surface area (Å²) in [6.45, 7) is 0.338. The number of anilines is 2. The number of sulfonamides is 1. The van der Waals surface area contributed by atoms with Gasteiger partial charge in [-0.2, -0.15) is 0 Å². The number of nitrogens with one attached hydrogen (secondary N) is 1. The van der Waals surface area contributed by atoms with Crippen LogP contribution in [0.15, 0.2) is 66.9 Å². The Bertz CT molecular complexity index is 1520. The first kappa shape index (κ1) is 23.7. The van der Waals surface area contributed by atoms with Gasteiger partial charge in [-0.15, -0.1) is 0 Å². The molecule has 1 aromatic heterocycles. The van der Waals surface area contributed by atoms with E-state index in [-0.39, 0.29) is 0 Å². The van der Waals surface area contributed by atoms with Crippen LogP contribution in [0.4, 0.5) is 11.4 Å². The van der Waals surface area contributed by atoms with Crippen molar-refractivity contribution in [3.8, 4) is 16.9 Å². The highest BCUT2D eigenvalue weighted by atomic mass is 35.5. The van der Waals surface area contributed by atoms with Gasteiger partial charge in [0.15, 0.2) is 0 Å². The normalized spacial score (nSPS) is 15.4. The first-order valence-corrected chi connectivity index (χ1v) is 13.3. The van der Waals surface area contributed by atoms with E-state index >= 15 is 0 Å². The molecule has 0 amide bonds. The summed E-state index contributed by atoms with van der Waals surface area (Å²) in [7, 11) is -0.0310. The second kappa shape index (κ2) is 9.22. The smallest absolute Gasteiger partial charge is 0.240 e. The fourth-order valence-corrected chi connectivity index (χ4v) is 6.62. The van der Waals surface area contributed by atoms with E-state index in [9.17, 15) is 8.42 Å². The lowest BCUT2D eigenvalue weighted by Crippen LogP contribution is -2.27. The van der Waals surface area contributed by atoms with Crippen molar-refractivity contribution >= 4 is 55.5 Å². The fraction of sp³-hybridized carbons (Fsp3) is 0.192. The molecule has 0 bridgehead atoms. The summed E-state index contributed by atoms with van der Waals surface area (Å²) in [6, 6.07) is 18.4. The lowest BCUT2D eigenvalue weighted by Gasteiger charge is -2.27. The van der Waals surface area contributed by atoms with Gasteiger partial charge in [0.25, 0.3) is 0 Å². The largest absolute Gasteiger partial charge is 0.493 e. The Labute approximate surface area is 214 Å². The average Bonchev–Trinajstić information content (AvgIpc) is 2.82. The summed E-state index contributed by atoms with van der Waals surface area (Å²) < 4.78 is 35.6. The lowest BCUT2D eigenvalue weighted by atomic mass is 10.0. The molecule has 3 aromatic carbocycles. The summed E-state index contributed by atoms with van der Waals surface area (Å²) >= 11 is 12.5. The van der Waals surface area contributed by atoms with Crippen molar-refractivity contribution in [2.75, 3.05) is 30.3 Å². The number of ether oxygens (including phenoxy) is 1. The Morgan fingerprint density at radius 2 is 1.77 bits per heavy atom. The molecule has 6 nitrogen and oxygen atoms in total. The van der Waals surface area contributed by atoms with Crippen molar-refractivity contribution in [1.82, 2.24) is 4.98 Å². The Morgan fingerprint density at radius 3 is 2.51 bits per heavy atom. The molecule has 1 aliphatic rings. The van der Waals surface area contributed by atoms with Crippen LogP contribution in [0, 0.1) is 0 Å². The number of hydrogen-bond acceptors (Lipinski definition) is 5. The molecule has 0 saturated heterocycles. The SMILES string of the molecule is CN(C)c1c(NS(=O)(=O)[C@@H]2CCOc3ccccc32)cnc2c(-c3cc(Cl)cc(Cl)c3)cccc12. The Hall–Kier alpha value is -3.00. The molecule has 0 saturated carbocycles. The van der Waals surface area contributed by atoms with Crippen molar-refractivity contribution in [1.29, 1.82) is 0 Å². The van der Waals surface area contributed by atoms with Gasteiger partial charge in [0.05, 0.1) is 29.7 Å². The van der Waals surface area contributed by atoms with Gasteiger partial charge in [0.2, 0.25) is 10.0 Å². The number of aromatic nitrogens is 1. The lowest BCUT2D eigenvalue weighted by molar-refractivity contribution is 0.283. The molecule has 0 spiro atoms. The average molecular weight is 528 g/mol. The van der Waals surface area contributed by atoms with Crippen LogP contribution >= 0.6 is 23.2 Å². The summed E-state index contributed by atoms with van der Waals surface area (Å²) in [4.78, 5) is 6.55. The molecule has 0 radical (unpaired) electrons. The minimum atomic E-state index is -3.78. The van der Waals surface area contributed by atoms with E-state index in [1.165, 1.54) is 0 Å². The minimum absolute atomic E-state index is 0.338. The van der Waals surface area contributed by atoms with Crippen LogP contribution in [0.1, 0.15) is 17.2 Å². The first-order valence-electron chi connectivity index (χ1n) is 11.0. The predicted octanol–water partition coefficient (Wildman–Crippen LogP) is 6.54. The van der Waals surface area contributed by atoms with Crippen molar-refractivity contribution in [3.63, 3.8) is 0 Å². The highest BCUT2D eigenvalue weighted by Crippen LogP contribution is 2.41. The highest BCUT2D eigenvalue weighted by Gasteiger charge is 2.33. The second-order valence-corrected chi connectivity index (χ2v) is 11.3. The molecule has 0 aliphatic carbocycles. The van der Waals surface area contributed by atoms with Crippen LogP contribution in [-0.4, -0.2) is 34.1 Å². The van der Waals surface area contributed by atoms with Crippen molar-refractivity contribution in [2.45, 2.75) is 11.7 Å². The number of para-hydroxylation sites is 2. The molecule has 2 heterocycles. The number of pyridine rings is 1. The maximum Gasteiger partial charge on any atom is 0.240 e. The first-order chi connectivity index (χ1) is 16.7. The minimum Gasteiger partial charge on any atom is -0.493 e. The maximum absolute atomic E-state index is 13.5. The summed E-state index contributed by atoms with van der Waals surface area (Å²) in [5.74, 6) is 0.600. The Balaban J connectivity index is 1.61. The molecule has 1 atom stereocenters. The molecule has 0 fully saturated rings. The molecular weight excluding hydrogens is 505 g/mol. The number of hydrogen-bond donors (Lipinski definition) is 1. The van der Waals surface area contributed by atoms with Crippen LogP contribution in [0.5, 0.6) is 5.75 Å². The zero-order valence-electron chi connectivity index (χ0n) is 19.1. The van der Waals surface area contributed by atoms with Gasteiger partial charge in [-0.3, -0.25) is 9.71 Å². The monoisotopic (exact) mass is 527 g/mol. The summed E-state index contributed by atoms with van der Waals surface area (Å²) in [5, 5.41) is 1.13. The molecule has 1 aliphatic heterocycles. The number of fused-ring (bicyclic) bond motifs is 2. The number of halogens is 2. The molecule has 4 aromatic rings. The van der Waals surface area contributed by atoms with Crippen LogP contribution in [-0.2, 0) is 10.0 Å². The molecular formula is C26H23Cl2N3O3S. The third-order valence-electron chi connectivity index (χ3n) is 6.02. The van der Waals surface area contributed by atoms with Gasteiger partial charge in [0.1, 0.15) is 11.0 Å². The molecule has 1 N–H and O–H groups in total. The second-order valence-electron chi connectivity index (χ2n) is 8.59. The molecule has 5 rings (SSSR count). The molecule has 0 unspecified atom stereocenters. The molecule has 180 valence electrons. The summed E-state index contributed by atoms with van der Waals surface area (Å²) in [6.07, 6.45) is 1.93. The third kappa shape index (κ3) is 4.51. The molecule has 35 heavy (non-hydrogen) atoms. The van der Waals surface area contributed by atoms with E-state index in [1.807, 2.05) is 61.5 Å². The van der Waals surface area contributed by atoms with Crippen molar-refractivity contribution in [3.05, 3.63) is 82.5 Å². The van der Waals surface area contributed by atoms with Gasteiger partial charge < -0.3 is 9.64 Å². The Morgan fingerprint density at radius 1 is 1.03 bits per heavy atom. The van der Waals surface area contributed by atoms with E-state index < -0.39 is 15.3 Å². The quantitative estimate of drug-likeness (QED) is 0.319. The van der Waals surface area contributed by atoms with Gasteiger partial charge in [-0.05, 0) is 29.8 Å². The highest BCUT2D eigenvalue weighted by molar-refractivity contribution is 7.93. The van der Waals surface area contributed by atoms with Crippen molar-refractivity contribution < 1.29 is 13.2 Å². The van der Waals surface area contributed by atoms with Gasteiger partial charge in [-0.25, -0.2) is 8.42 Å². The van der Waals surface area contributed by atoms with Crippen LogP contribution in [0.3, 0.4) is 0 Å². The van der Waals surface area contributed by atoms with Crippen LogP contribution in [0.2, 0.25) is 10.0 Å². The molecule has 9 heteroatoms. The van der Waals surface area contributed by atoms with Crippen LogP contribution < -0.4 is 14.4 Å². The zero-order chi connectivity index (χ0) is 24.7. The zero-order valence-corrected chi connectivity index (χ0v) is 21.5. The van der Waals surface area contributed by atoms with E-state index in [4.69, 9.17) is 27.9 Å². The van der Waals surface area contributed by atoms with Gasteiger partial charge >= 0.3 is 0 Å². The number of rotatable bonds is 5. The maximum atomic E-state index is 13.5. The third-order valence-corrected chi connectivity index (χ3v) is 8.20. The fourth-order valence-electron chi connectivity index (χ4n) is 4.56. The van der Waals surface area contributed by atoms with E-state index in [2.05, 4.69) is 9.71 Å². The van der Waals surface area contributed by atoms with Crippen molar-refractivity contribution in [2.24, 2.45) is 0 Å². The predicted molar refractivity (Wildman–Crippen MR) is 143 cm³/mol. The van der Waals surface area contributed by atoms with Gasteiger partial charge in [-0.1, -0.05) is 59.6 Å². The number of nitrogens with zero attached hydrogens (tertiary/aromatic N) is 2. The topological polar surface area (TPSA) is 71.5 Å². The van der Waals surface area contributed by atoms with E-state index in [0.717, 1.165) is 16.5 Å². The Kier molecular flexibility index (Phi) is 6.25. The standard InChI is InChI=1S/C26H23Cl2N3O3S/c1-31(2)26-21-8-5-7-19(16-12-17(27)14-18(28)13-16)25(21)29-15-22(26)30-35(32,33)24-10-11-34-23-9-4-3-6-20(23)24/h3-9,12-15,24,30H,10-11H2,1-2H3/t24-/m1/s1. The number of benzene rings is 3. The van der Waals surface area contributed by atoms with Crippen LogP contribution in [0.25, 0.3) is 22.0 Å². The summed E-state index contributed by atoms with van der Waals surface area (Å²) in [5.41, 5.74) is 4.18. The van der Waals surface area contributed by atoms with E-state index in [0.29, 0.717) is 51.3 Å². The van der Waals surface area contributed by atoms with E-state index in [1.54, 1.807) is 24.4 Å².